The smallest absolute Gasteiger partial charge is 0.338 e. The average Bonchev–Trinajstić information content (AvgIpc) is 2.66. The molecule has 1 amide bonds. The number of aliphatic hydroxyl groups excluding tert-OH is 1. The molecule has 1 saturated carbocycles. The fraction of sp³-hybridized carbons (Fsp3) is 0.600. The topological polar surface area (TPSA) is 102 Å². The third-order valence-corrected chi connectivity index (χ3v) is 4.89. The van der Waals surface area contributed by atoms with E-state index in [9.17, 15) is 14.7 Å². The Bertz CT molecular complexity index is 572. The number of carbonyl (C=O) groups is 2. The minimum absolute atomic E-state index is 0.130. The van der Waals surface area contributed by atoms with Crippen LogP contribution in [0.5, 0.6) is 0 Å². The van der Waals surface area contributed by atoms with E-state index >= 15 is 0 Å². The van der Waals surface area contributed by atoms with E-state index in [1.807, 2.05) is 6.07 Å². The molecule has 0 bridgehead atoms. The maximum absolute atomic E-state index is 12.1. The Morgan fingerprint density at radius 3 is 2.54 bits per heavy atom. The van der Waals surface area contributed by atoms with Gasteiger partial charge in [0.15, 0.2) is 0 Å². The standard InChI is InChI=1S/C20H30N2O4/c1-14(26-20(25)16-10-6-3-7-11-16)13-22-19(24)18(23)17(21)12-15-8-4-2-5-9-15/h3,6-7,10-11,14-15,17-18,23H,2,4-5,8-9,12-13,21H2,1H3,(H,22,24)/t14-,17+,18?/m0/s1. The second kappa shape index (κ2) is 10.3. The summed E-state index contributed by atoms with van der Waals surface area (Å²) in [6, 6.07) is 8.10. The number of hydrogen-bond acceptors (Lipinski definition) is 5. The zero-order valence-corrected chi connectivity index (χ0v) is 15.4. The quantitative estimate of drug-likeness (QED) is 0.614. The third kappa shape index (κ3) is 6.42. The van der Waals surface area contributed by atoms with Crippen molar-refractivity contribution in [3.63, 3.8) is 0 Å². The summed E-state index contributed by atoms with van der Waals surface area (Å²) >= 11 is 0. The molecule has 1 unspecified atom stereocenters. The van der Waals surface area contributed by atoms with Crippen LogP contribution in [0.2, 0.25) is 0 Å². The van der Waals surface area contributed by atoms with Gasteiger partial charge >= 0.3 is 5.97 Å². The lowest BCUT2D eigenvalue weighted by Crippen LogP contribution is -2.48. The summed E-state index contributed by atoms with van der Waals surface area (Å²) in [6.07, 6.45) is 4.81. The first-order valence-corrected chi connectivity index (χ1v) is 9.44. The van der Waals surface area contributed by atoms with Crippen LogP contribution >= 0.6 is 0 Å². The van der Waals surface area contributed by atoms with Crippen LogP contribution in [0.15, 0.2) is 30.3 Å². The van der Waals surface area contributed by atoms with Crippen LogP contribution < -0.4 is 11.1 Å². The lowest BCUT2D eigenvalue weighted by molar-refractivity contribution is -0.131. The highest BCUT2D eigenvalue weighted by Crippen LogP contribution is 2.27. The molecule has 1 aliphatic rings. The summed E-state index contributed by atoms with van der Waals surface area (Å²) in [7, 11) is 0. The predicted molar refractivity (Wildman–Crippen MR) is 99.5 cm³/mol. The molecule has 6 nitrogen and oxygen atoms in total. The molecule has 0 aliphatic heterocycles. The lowest BCUT2D eigenvalue weighted by Gasteiger charge is -2.26. The van der Waals surface area contributed by atoms with E-state index in [-0.39, 0.29) is 6.54 Å². The van der Waals surface area contributed by atoms with Gasteiger partial charge in [-0.25, -0.2) is 4.79 Å². The van der Waals surface area contributed by atoms with Crippen LogP contribution in [0.1, 0.15) is 55.8 Å². The van der Waals surface area contributed by atoms with Crippen LogP contribution in [-0.2, 0) is 9.53 Å². The normalized spacial score (nSPS) is 18.6. The zero-order chi connectivity index (χ0) is 18.9. The molecule has 1 aromatic rings. The minimum atomic E-state index is -1.24. The van der Waals surface area contributed by atoms with Gasteiger partial charge < -0.3 is 20.9 Å². The molecule has 0 aromatic heterocycles. The molecule has 144 valence electrons. The van der Waals surface area contributed by atoms with E-state index in [1.54, 1.807) is 31.2 Å². The van der Waals surface area contributed by atoms with Crippen molar-refractivity contribution >= 4 is 11.9 Å². The van der Waals surface area contributed by atoms with Crippen LogP contribution in [0.3, 0.4) is 0 Å². The van der Waals surface area contributed by atoms with Gasteiger partial charge in [-0.1, -0.05) is 50.3 Å². The number of ether oxygens (including phenoxy) is 1. The van der Waals surface area contributed by atoms with Crippen molar-refractivity contribution in [3.8, 4) is 0 Å². The summed E-state index contributed by atoms with van der Waals surface area (Å²) < 4.78 is 5.28. The first-order chi connectivity index (χ1) is 12.5. The first kappa shape index (κ1) is 20.4. The third-order valence-electron chi connectivity index (χ3n) is 4.89. The number of aliphatic hydroxyl groups is 1. The van der Waals surface area contributed by atoms with Crippen molar-refractivity contribution in [1.29, 1.82) is 0 Å². The summed E-state index contributed by atoms with van der Waals surface area (Å²) in [5.41, 5.74) is 6.47. The van der Waals surface area contributed by atoms with Crippen LogP contribution in [0, 0.1) is 5.92 Å². The molecular formula is C20H30N2O4. The Morgan fingerprint density at radius 1 is 1.23 bits per heavy atom. The zero-order valence-electron chi connectivity index (χ0n) is 15.4. The molecule has 0 saturated heterocycles. The highest BCUT2D eigenvalue weighted by atomic mass is 16.5. The second-order valence-electron chi connectivity index (χ2n) is 7.18. The van der Waals surface area contributed by atoms with E-state index in [0.29, 0.717) is 17.9 Å². The van der Waals surface area contributed by atoms with Crippen molar-refractivity contribution < 1.29 is 19.4 Å². The van der Waals surface area contributed by atoms with Crippen molar-refractivity contribution in [3.05, 3.63) is 35.9 Å². The number of carbonyl (C=O) groups excluding carboxylic acids is 2. The van der Waals surface area contributed by atoms with Gasteiger partial charge in [-0.3, -0.25) is 4.79 Å². The summed E-state index contributed by atoms with van der Waals surface area (Å²) in [5.74, 6) is -0.468. The summed E-state index contributed by atoms with van der Waals surface area (Å²) in [4.78, 5) is 24.1. The molecule has 0 radical (unpaired) electrons. The average molecular weight is 362 g/mol. The summed E-state index contributed by atoms with van der Waals surface area (Å²) in [5, 5.41) is 12.8. The maximum atomic E-state index is 12.1. The van der Waals surface area contributed by atoms with Gasteiger partial charge in [0.05, 0.1) is 12.1 Å². The number of amides is 1. The number of hydrogen-bond donors (Lipinski definition) is 3. The van der Waals surface area contributed by atoms with Gasteiger partial charge in [0.2, 0.25) is 0 Å². The molecule has 6 heteroatoms. The summed E-state index contributed by atoms with van der Waals surface area (Å²) in [6.45, 7) is 1.82. The Labute approximate surface area is 155 Å². The van der Waals surface area contributed by atoms with E-state index in [0.717, 1.165) is 12.8 Å². The van der Waals surface area contributed by atoms with E-state index < -0.39 is 30.1 Å². The Hall–Kier alpha value is -1.92. The van der Waals surface area contributed by atoms with Crippen molar-refractivity contribution in [1.82, 2.24) is 5.32 Å². The molecular weight excluding hydrogens is 332 g/mol. The van der Waals surface area contributed by atoms with Crippen LogP contribution in [-0.4, -0.2) is 41.8 Å². The molecule has 0 heterocycles. The van der Waals surface area contributed by atoms with Gasteiger partial charge in [0.1, 0.15) is 12.2 Å². The molecule has 4 N–H and O–H groups in total. The minimum Gasteiger partial charge on any atom is -0.457 e. The van der Waals surface area contributed by atoms with Crippen LogP contribution in [0.4, 0.5) is 0 Å². The molecule has 2 rings (SSSR count). The predicted octanol–water partition coefficient (Wildman–Crippen LogP) is 2.01. The number of benzene rings is 1. The van der Waals surface area contributed by atoms with Gasteiger partial charge in [-0.05, 0) is 31.4 Å². The van der Waals surface area contributed by atoms with E-state index in [4.69, 9.17) is 10.5 Å². The number of esters is 1. The molecule has 0 spiro atoms. The Balaban J connectivity index is 1.71. The largest absolute Gasteiger partial charge is 0.457 e. The second-order valence-corrected chi connectivity index (χ2v) is 7.18. The molecule has 1 aromatic carbocycles. The van der Waals surface area contributed by atoms with E-state index in [2.05, 4.69) is 5.32 Å². The molecule has 1 fully saturated rings. The molecule has 26 heavy (non-hydrogen) atoms. The van der Waals surface area contributed by atoms with Gasteiger partial charge in [-0.15, -0.1) is 0 Å². The molecule has 3 atom stereocenters. The lowest BCUT2D eigenvalue weighted by atomic mass is 9.84. The van der Waals surface area contributed by atoms with E-state index in [1.165, 1.54) is 19.3 Å². The number of rotatable bonds is 8. The van der Waals surface area contributed by atoms with Gasteiger partial charge in [0, 0.05) is 6.04 Å². The highest BCUT2D eigenvalue weighted by Gasteiger charge is 2.26. The Morgan fingerprint density at radius 2 is 1.88 bits per heavy atom. The molecule has 1 aliphatic carbocycles. The first-order valence-electron chi connectivity index (χ1n) is 9.44. The fourth-order valence-corrected chi connectivity index (χ4v) is 3.35. The van der Waals surface area contributed by atoms with Gasteiger partial charge in [0.25, 0.3) is 5.91 Å². The SMILES string of the molecule is C[C@@H](CNC(=O)C(O)[C@H](N)CC1CCCCC1)OC(=O)c1ccccc1. The maximum Gasteiger partial charge on any atom is 0.338 e. The Kier molecular flexibility index (Phi) is 8.06. The number of nitrogens with two attached hydrogens (primary N) is 1. The number of nitrogens with one attached hydrogen (secondary N) is 1. The van der Waals surface area contributed by atoms with Crippen molar-refractivity contribution in [2.24, 2.45) is 11.7 Å². The van der Waals surface area contributed by atoms with Crippen molar-refractivity contribution in [2.75, 3.05) is 6.54 Å². The van der Waals surface area contributed by atoms with Crippen LogP contribution in [0.25, 0.3) is 0 Å². The fourth-order valence-electron chi connectivity index (χ4n) is 3.35. The highest BCUT2D eigenvalue weighted by molar-refractivity contribution is 5.89. The monoisotopic (exact) mass is 362 g/mol. The van der Waals surface area contributed by atoms with Crippen molar-refractivity contribution in [2.45, 2.75) is 63.7 Å². The van der Waals surface area contributed by atoms with Gasteiger partial charge in [-0.2, -0.15) is 0 Å².